The Hall–Kier alpha value is -1.85. The normalized spacial score (nSPS) is 10.8. The van der Waals surface area contributed by atoms with Gasteiger partial charge < -0.3 is 10.5 Å². The number of ether oxygens (including phenoxy) is 1. The summed E-state index contributed by atoms with van der Waals surface area (Å²) < 4.78 is 6.68. The third kappa shape index (κ3) is 2.22. The number of aromatic nitrogens is 2. The van der Waals surface area contributed by atoms with E-state index < -0.39 is 0 Å². The van der Waals surface area contributed by atoms with E-state index in [0.29, 0.717) is 22.3 Å². The number of aryl methyl sites for hydroxylation is 1. The number of nitrogen functional groups attached to an aromatic ring is 1. The summed E-state index contributed by atoms with van der Waals surface area (Å²) >= 11 is 7.41. The van der Waals surface area contributed by atoms with E-state index in [2.05, 4.69) is 9.97 Å². The maximum atomic E-state index is 5.87. The van der Waals surface area contributed by atoms with Gasteiger partial charge in [0.2, 0.25) is 5.88 Å². The standard InChI is InChI=1S/C13H10ClN3OS/c1-7-5-19-12-11(7)16-6-17-13(12)18-10-3-2-8(14)4-9(10)15/h2-6H,15H2,1H3. The van der Waals surface area contributed by atoms with Crippen LogP contribution in [0.5, 0.6) is 11.6 Å². The summed E-state index contributed by atoms with van der Waals surface area (Å²) in [6.45, 7) is 2.01. The van der Waals surface area contributed by atoms with Gasteiger partial charge >= 0.3 is 0 Å². The van der Waals surface area contributed by atoms with E-state index in [-0.39, 0.29) is 0 Å². The Bertz CT molecular complexity index is 757. The summed E-state index contributed by atoms with van der Waals surface area (Å²) in [6.07, 6.45) is 1.49. The van der Waals surface area contributed by atoms with E-state index in [1.807, 2.05) is 12.3 Å². The maximum Gasteiger partial charge on any atom is 0.240 e. The lowest BCUT2D eigenvalue weighted by Gasteiger charge is -2.08. The van der Waals surface area contributed by atoms with Crippen molar-refractivity contribution in [3.05, 3.63) is 40.5 Å². The molecule has 0 spiro atoms. The number of nitrogens with two attached hydrogens (primary N) is 1. The van der Waals surface area contributed by atoms with Crippen molar-refractivity contribution in [2.75, 3.05) is 5.73 Å². The monoisotopic (exact) mass is 291 g/mol. The lowest BCUT2D eigenvalue weighted by Crippen LogP contribution is -1.94. The van der Waals surface area contributed by atoms with Crippen LogP contribution in [-0.2, 0) is 0 Å². The maximum absolute atomic E-state index is 5.87. The zero-order valence-corrected chi connectivity index (χ0v) is 11.6. The predicted molar refractivity (Wildman–Crippen MR) is 78.1 cm³/mol. The third-order valence-corrected chi connectivity index (χ3v) is 3.99. The van der Waals surface area contributed by atoms with E-state index in [0.717, 1.165) is 15.8 Å². The van der Waals surface area contributed by atoms with Crippen LogP contribution in [0.3, 0.4) is 0 Å². The Kier molecular flexibility index (Phi) is 3.00. The van der Waals surface area contributed by atoms with Gasteiger partial charge in [-0.3, -0.25) is 0 Å². The lowest BCUT2D eigenvalue weighted by atomic mass is 10.3. The molecule has 0 fully saturated rings. The van der Waals surface area contributed by atoms with Gasteiger partial charge in [0.1, 0.15) is 11.0 Å². The predicted octanol–water partition coefficient (Wildman–Crippen LogP) is 4.03. The molecule has 0 saturated heterocycles. The molecule has 0 unspecified atom stereocenters. The smallest absolute Gasteiger partial charge is 0.240 e. The van der Waals surface area contributed by atoms with Gasteiger partial charge in [0.05, 0.1) is 11.2 Å². The van der Waals surface area contributed by atoms with Gasteiger partial charge in [-0.1, -0.05) is 11.6 Å². The largest absolute Gasteiger partial charge is 0.435 e. The first-order valence-corrected chi connectivity index (χ1v) is 6.82. The number of halogens is 1. The van der Waals surface area contributed by atoms with Crippen molar-refractivity contribution < 1.29 is 4.74 Å². The number of anilines is 1. The highest BCUT2D eigenvalue weighted by Crippen LogP contribution is 2.35. The zero-order chi connectivity index (χ0) is 13.4. The number of benzene rings is 1. The molecule has 0 radical (unpaired) electrons. The highest BCUT2D eigenvalue weighted by molar-refractivity contribution is 7.17. The lowest BCUT2D eigenvalue weighted by molar-refractivity contribution is 0.471. The second-order valence-electron chi connectivity index (χ2n) is 4.06. The van der Waals surface area contributed by atoms with Crippen molar-refractivity contribution in [1.82, 2.24) is 9.97 Å². The van der Waals surface area contributed by atoms with Gasteiger partial charge in [-0.25, -0.2) is 9.97 Å². The molecule has 3 rings (SSSR count). The van der Waals surface area contributed by atoms with Crippen LogP contribution in [0.1, 0.15) is 5.56 Å². The van der Waals surface area contributed by atoms with Crippen molar-refractivity contribution in [3.63, 3.8) is 0 Å². The molecule has 2 heterocycles. The SMILES string of the molecule is Cc1csc2c(Oc3ccc(Cl)cc3N)ncnc12. The fourth-order valence-corrected chi connectivity index (χ4v) is 2.84. The first-order valence-electron chi connectivity index (χ1n) is 5.57. The van der Waals surface area contributed by atoms with E-state index in [4.69, 9.17) is 22.1 Å². The van der Waals surface area contributed by atoms with Gasteiger partial charge in [0, 0.05) is 5.02 Å². The van der Waals surface area contributed by atoms with Crippen molar-refractivity contribution in [3.8, 4) is 11.6 Å². The minimum Gasteiger partial charge on any atom is -0.435 e. The fraction of sp³-hybridized carbons (Fsp3) is 0.0769. The van der Waals surface area contributed by atoms with Crippen LogP contribution in [0.4, 0.5) is 5.69 Å². The molecule has 19 heavy (non-hydrogen) atoms. The minimum atomic E-state index is 0.479. The number of fused-ring (bicyclic) bond motifs is 1. The molecule has 0 aliphatic rings. The van der Waals surface area contributed by atoms with Crippen molar-refractivity contribution in [2.24, 2.45) is 0 Å². The molecule has 0 amide bonds. The Labute approximate surface area is 118 Å². The van der Waals surface area contributed by atoms with Crippen molar-refractivity contribution in [1.29, 1.82) is 0 Å². The Morgan fingerprint density at radius 2 is 2.16 bits per heavy atom. The second kappa shape index (κ2) is 4.68. The van der Waals surface area contributed by atoms with Gasteiger partial charge in [-0.15, -0.1) is 11.3 Å². The van der Waals surface area contributed by atoms with E-state index in [9.17, 15) is 0 Å². The Morgan fingerprint density at radius 1 is 1.32 bits per heavy atom. The molecular weight excluding hydrogens is 282 g/mol. The van der Waals surface area contributed by atoms with Crippen LogP contribution >= 0.6 is 22.9 Å². The van der Waals surface area contributed by atoms with Crippen LogP contribution in [0, 0.1) is 6.92 Å². The number of hydrogen-bond donors (Lipinski definition) is 1. The molecule has 6 heteroatoms. The molecule has 0 atom stereocenters. The average molecular weight is 292 g/mol. The Morgan fingerprint density at radius 3 is 2.95 bits per heavy atom. The minimum absolute atomic E-state index is 0.479. The fourth-order valence-electron chi connectivity index (χ4n) is 1.74. The molecule has 0 bridgehead atoms. The molecule has 0 aliphatic carbocycles. The second-order valence-corrected chi connectivity index (χ2v) is 5.38. The molecular formula is C13H10ClN3OS. The molecule has 3 aromatic rings. The number of hydrogen-bond acceptors (Lipinski definition) is 5. The van der Waals surface area contributed by atoms with Crippen LogP contribution < -0.4 is 10.5 Å². The first kappa shape index (κ1) is 12.2. The quantitative estimate of drug-likeness (QED) is 0.724. The molecule has 1 aromatic carbocycles. The van der Waals surface area contributed by atoms with E-state index in [1.54, 1.807) is 29.5 Å². The third-order valence-electron chi connectivity index (χ3n) is 2.68. The zero-order valence-electron chi connectivity index (χ0n) is 10.1. The molecule has 2 N–H and O–H groups in total. The molecule has 0 aliphatic heterocycles. The van der Waals surface area contributed by atoms with Crippen molar-refractivity contribution >= 4 is 38.8 Å². The van der Waals surface area contributed by atoms with Gasteiger partial charge in [-0.2, -0.15) is 0 Å². The number of nitrogens with zero attached hydrogens (tertiary/aromatic N) is 2. The summed E-state index contributed by atoms with van der Waals surface area (Å²) in [5.41, 5.74) is 8.36. The van der Waals surface area contributed by atoms with Gasteiger partial charge in [0.15, 0.2) is 5.75 Å². The molecule has 4 nitrogen and oxygen atoms in total. The topological polar surface area (TPSA) is 61.0 Å². The van der Waals surface area contributed by atoms with Gasteiger partial charge in [0.25, 0.3) is 0 Å². The highest BCUT2D eigenvalue weighted by Gasteiger charge is 2.11. The van der Waals surface area contributed by atoms with Crippen LogP contribution in [-0.4, -0.2) is 9.97 Å². The van der Waals surface area contributed by atoms with E-state index >= 15 is 0 Å². The highest BCUT2D eigenvalue weighted by atomic mass is 35.5. The van der Waals surface area contributed by atoms with Crippen molar-refractivity contribution in [2.45, 2.75) is 6.92 Å². The van der Waals surface area contributed by atoms with Gasteiger partial charge in [-0.05, 0) is 36.1 Å². The molecule has 96 valence electrons. The van der Waals surface area contributed by atoms with Crippen LogP contribution in [0.15, 0.2) is 29.9 Å². The number of thiophene rings is 1. The first-order chi connectivity index (χ1) is 9.15. The molecule has 2 aromatic heterocycles. The Balaban J connectivity index is 2.06. The summed E-state index contributed by atoms with van der Waals surface area (Å²) in [4.78, 5) is 8.41. The summed E-state index contributed by atoms with van der Waals surface area (Å²) in [5, 5.41) is 2.60. The average Bonchev–Trinajstić information content (AvgIpc) is 2.76. The summed E-state index contributed by atoms with van der Waals surface area (Å²) in [5.74, 6) is 1.05. The van der Waals surface area contributed by atoms with Crippen LogP contribution in [0.25, 0.3) is 10.2 Å². The molecule has 0 saturated carbocycles. The summed E-state index contributed by atoms with van der Waals surface area (Å²) in [6, 6.07) is 5.10. The van der Waals surface area contributed by atoms with Crippen LogP contribution in [0.2, 0.25) is 5.02 Å². The van der Waals surface area contributed by atoms with E-state index in [1.165, 1.54) is 6.33 Å². The summed E-state index contributed by atoms with van der Waals surface area (Å²) in [7, 11) is 0. The number of rotatable bonds is 2.